The summed E-state index contributed by atoms with van der Waals surface area (Å²) in [6, 6.07) is 0. The van der Waals surface area contributed by atoms with Crippen LogP contribution >= 0.6 is 0 Å². The molecule has 0 saturated heterocycles. The van der Waals surface area contributed by atoms with E-state index in [9.17, 15) is 4.39 Å². The molecular weight excluding hydrogens is 374 g/mol. The highest BCUT2D eigenvalue weighted by Crippen LogP contribution is 2.45. The predicted molar refractivity (Wildman–Crippen MR) is 125 cm³/mol. The van der Waals surface area contributed by atoms with Gasteiger partial charge in [-0.15, -0.1) is 0 Å². The largest absolute Gasteiger partial charge is 0.209 e. The first-order valence-electron chi connectivity index (χ1n) is 13.7. The van der Waals surface area contributed by atoms with Crippen LogP contribution in [0.15, 0.2) is 11.7 Å². The van der Waals surface area contributed by atoms with E-state index in [0.717, 1.165) is 75.0 Å². The Bertz CT molecular complexity index is 501. The molecule has 0 heterocycles. The zero-order valence-electron chi connectivity index (χ0n) is 19.9. The Kier molecular flexibility index (Phi) is 10.2. The van der Waals surface area contributed by atoms with Crippen LogP contribution in [0.5, 0.6) is 0 Å². The third-order valence-electron chi connectivity index (χ3n) is 9.03. The minimum atomic E-state index is -0.356. The summed E-state index contributed by atoms with van der Waals surface area (Å²) in [5.41, 5.74) is 0. The summed E-state index contributed by atoms with van der Waals surface area (Å²) in [5.74, 6) is 2.39. The van der Waals surface area contributed by atoms with Crippen molar-refractivity contribution in [2.45, 2.75) is 129 Å². The summed E-state index contributed by atoms with van der Waals surface area (Å²) in [4.78, 5) is 0. The van der Waals surface area contributed by atoms with Crippen LogP contribution in [0.4, 0.5) is 8.78 Å². The van der Waals surface area contributed by atoms with Gasteiger partial charge in [0.2, 0.25) is 0 Å². The molecule has 0 N–H and O–H groups in total. The van der Waals surface area contributed by atoms with Gasteiger partial charge in [-0.3, -0.25) is 0 Å². The Hall–Kier alpha value is -0.400. The van der Waals surface area contributed by atoms with Crippen molar-refractivity contribution in [3.63, 3.8) is 0 Å². The molecule has 0 bridgehead atoms. The highest BCUT2D eigenvalue weighted by molar-refractivity contribution is 5.09. The van der Waals surface area contributed by atoms with E-state index in [2.05, 4.69) is 13.8 Å². The fourth-order valence-corrected chi connectivity index (χ4v) is 6.98. The second-order valence-corrected chi connectivity index (χ2v) is 11.1. The average Bonchev–Trinajstić information content (AvgIpc) is 2.80. The minimum absolute atomic E-state index is 0.125. The highest BCUT2D eigenvalue weighted by atomic mass is 19.2. The van der Waals surface area contributed by atoms with Crippen LogP contribution < -0.4 is 0 Å². The van der Waals surface area contributed by atoms with Gasteiger partial charge >= 0.3 is 0 Å². The normalized spacial score (nSPS) is 36.4. The van der Waals surface area contributed by atoms with E-state index in [1.54, 1.807) is 0 Å². The monoisotopic (exact) mass is 422 g/mol. The SMILES string of the molecule is CCCCCC1CCC(/C(F)=C(\F)C2CCC(C3CCC(CCC)CC3)CC2)CC1. The van der Waals surface area contributed by atoms with Crippen molar-refractivity contribution in [1.29, 1.82) is 0 Å². The lowest BCUT2D eigenvalue weighted by atomic mass is 9.68. The topological polar surface area (TPSA) is 0 Å². The molecule has 0 spiro atoms. The molecular formula is C28H48F2. The Balaban J connectivity index is 1.41. The van der Waals surface area contributed by atoms with Gasteiger partial charge in [-0.25, -0.2) is 8.78 Å². The number of allylic oxidation sites excluding steroid dienone is 2. The summed E-state index contributed by atoms with van der Waals surface area (Å²) < 4.78 is 30.0. The second-order valence-electron chi connectivity index (χ2n) is 11.1. The van der Waals surface area contributed by atoms with Crippen LogP contribution in [0.2, 0.25) is 0 Å². The summed E-state index contributed by atoms with van der Waals surface area (Å²) in [7, 11) is 0. The molecule has 3 saturated carbocycles. The molecule has 0 aromatic heterocycles. The molecule has 0 atom stereocenters. The number of hydrogen-bond acceptors (Lipinski definition) is 0. The zero-order valence-corrected chi connectivity index (χ0v) is 19.9. The van der Waals surface area contributed by atoms with Crippen LogP contribution in [0.1, 0.15) is 129 Å². The van der Waals surface area contributed by atoms with Gasteiger partial charge in [0.05, 0.1) is 0 Å². The first-order chi connectivity index (χ1) is 14.6. The van der Waals surface area contributed by atoms with Gasteiger partial charge in [-0.2, -0.15) is 0 Å². The van der Waals surface area contributed by atoms with Gasteiger partial charge in [0, 0.05) is 11.8 Å². The second kappa shape index (κ2) is 12.6. The number of halogens is 2. The van der Waals surface area contributed by atoms with Crippen LogP contribution in [0.3, 0.4) is 0 Å². The lowest BCUT2D eigenvalue weighted by molar-refractivity contribution is 0.143. The maximum absolute atomic E-state index is 15.0. The zero-order chi connectivity index (χ0) is 21.3. The van der Waals surface area contributed by atoms with E-state index in [0.29, 0.717) is 0 Å². The summed E-state index contributed by atoms with van der Waals surface area (Å²) in [6.07, 6.45) is 21.4. The number of hydrogen-bond donors (Lipinski definition) is 0. The first-order valence-corrected chi connectivity index (χ1v) is 13.7. The maximum atomic E-state index is 15.0. The van der Waals surface area contributed by atoms with Crippen molar-refractivity contribution in [2.75, 3.05) is 0 Å². The van der Waals surface area contributed by atoms with E-state index < -0.39 is 0 Å². The molecule has 3 rings (SSSR count). The van der Waals surface area contributed by atoms with E-state index in [-0.39, 0.29) is 23.5 Å². The Labute approximate surface area is 185 Å². The van der Waals surface area contributed by atoms with Gasteiger partial charge in [0.15, 0.2) is 0 Å². The molecule has 3 fully saturated rings. The standard InChI is InChI=1S/C28H48F2/c1-3-5-6-8-22-11-15-25(16-12-22)27(29)28(30)26-19-17-24(18-20-26)23-13-9-21(7-4-2)10-14-23/h21-26H,3-20H2,1-2H3/b28-27+. The molecule has 174 valence electrons. The van der Waals surface area contributed by atoms with Crippen molar-refractivity contribution >= 4 is 0 Å². The van der Waals surface area contributed by atoms with Gasteiger partial charge in [0.1, 0.15) is 11.7 Å². The molecule has 0 aromatic rings. The molecule has 0 aromatic carbocycles. The van der Waals surface area contributed by atoms with Crippen molar-refractivity contribution in [1.82, 2.24) is 0 Å². The summed E-state index contributed by atoms with van der Waals surface area (Å²) in [5, 5.41) is 0. The average molecular weight is 423 g/mol. The molecule has 0 radical (unpaired) electrons. The Morgan fingerprint density at radius 1 is 0.533 bits per heavy atom. The van der Waals surface area contributed by atoms with E-state index >= 15 is 4.39 Å². The smallest absolute Gasteiger partial charge is 0.135 e. The predicted octanol–water partition coefficient (Wildman–Crippen LogP) is 9.94. The molecule has 0 unspecified atom stereocenters. The van der Waals surface area contributed by atoms with E-state index in [1.807, 2.05) is 0 Å². The first kappa shape index (κ1) is 24.2. The van der Waals surface area contributed by atoms with Gasteiger partial charge in [-0.1, -0.05) is 65.2 Å². The van der Waals surface area contributed by atoms with Gasteiger partial charge in [0.25, 0.3) is 0 Å². The Morgan fingerprint density at radius 2 is 0.967 bits per heavy atom. The molecule has 0 nitrogen and oxygen atoms in total. The maximum Gasteiger partial charge on any atom is 0.135 e. The number of rotatable bonds is 9. The number of unbranched alkanes of at least 4 members (excludes halogenated alkanes) is 2. The lowest BCUT2D eigenvalue weighted by Gasteiger charge is -2.38. The minimum Gasteiger partial charge on any atom is -0.209 e. The van der Waals surface area contributed by atoms with E-state index in [1.165, 1.54) is 64.2 Å². The fraction of sp³-hybridized carbons (Fsp3) is 0.929. The van der Waals surface area contributed by atoms with Gasteiger partial charge < -0.3 is 0 Å². The highest BCUT2D eigenvalue weighted by Gasteiger charge is 2.34. The molecule has 0 amide bonds. The summed E-state index contributed by atoms with van der Waals surface area (Å²) >= 11 is 0. The van der Waals surface area contributed by atoms with Crippen LogP contribution in [0.25, 0.3) is 0 Å². The summed E-state index contributed by atoms with van der Waals surface area (Å²) in [6.45, 7) is 4.54. The van der Waals surface area contributed by atoms with Crippen molar-refractivity contribution < 1.29 is 8.78 Å². The van der Waals surface area contributed by atoms with Crippen LogP contribution in [-0.4, -0.2) is 0 Å². The van der Waals surface area contributed by atoms with Crippen molar-refractivity contribution in [3.8, 4) is 0 Å². The van der Waals surface area contributed by atoms with Crippen molar-refractivity contribution in [3.05, 3.63) is 11.7 Å². The van der Waals surface area contributed by atoms with Crippen LogP contribution in [0, 0.1) is 35.5 Å². The third-order valence-corrected chi connectivity index (χ3v) is 9.03. The molecule has 30 heavy (non-hydrogen) atoms. The lowest BCUT2D eigenvalue weighted by Crippen LogP contribution is -2.26. The molecule has 2 heteroatoms. The molecule has 0 aliphatic heterocycles. The Morgan fingerprint density at radius 3 is 1.47 bits per heavy atom. The quantitative estimate of drug-likeness (QED) is 0.324. The third kappa shape index (κ3) is 6.80. The van der Waals surface area contributed by atoms with Crippen LogP contribution in [-0.2, 0) is 0 Å². The van der Waals surface area contributed by atoms with Crippen molar-refractivity contribution in [2.24, 2.45) is 35.5 Å². The molecule has 3 aliphatic carbocycles. The van der Waals surface area contributed by atoms with E-state index in [4.69, 9.17) is 0 Å². The molecule has 3 aliphatic rings. The fourth-order valence-electron chi connectivity index (χ4n) is 6.98. The van der Waals surface area contributed by atoms with Gasteiger partial charge in [-0.05, 0) is 87.9 Å².